The second kappa shape index (κ2) is 13.9. The number of piperidine rings is 1. The van der Waals surface area contributed by atoms with Crippen LogP contribution in [0, 0.1) is 5.92 Å². The molecule has 228 valence electrons. The number of likely N-dealkylation sites (tertiary alicyclic amines) is 1. The maximum atomic E-state index is 13.0. The van der Waals surface area contributed by atoms with Gasteiger partial charge in [-0.1, -0.05) is 68.7 Å². The molecule has 5 rings (SSSR count). The molecule has 1 amide bonds. The largest absolute Gasteiger partial charge is 0.445 e. The molecule has 1 aliphatic rings. The van der Waals surface area contributed by atoms with E-state index in [1.54, 1.807) is 17.3 Å². The van der Waals surface area contributed by atoms with E-state index in [4.69, 9.17) is 24.4 Å². The summed E-state index contributed by atoms with van der Waals surface area (Å²) >= 11 is 1.48. The molecule has 1 aromatic carbocycles. The molecule has 0 spiro atoms. The zero-order valence-corrected chi connectivity index (χ0v) is 27.4. The first kappa shape index (κ1) is 31.0. The first-order chi connectivity index (χ1) is 20.7. The van der Waals surface area contributed by atoms with Crippen molar-refractivity contribution in [3.63, 3.8) is 0 Å². The highest BCUT2D eigenvalue weighted by Crippen LogP contribution is 2.29. The van der Waals surface area contributed by atoms with Crippen LogP contribution in [0.25, 0.3) is 22.4 Å². The minimum atomic E-state index is -1.14. The highest BCUT2D eigenvalue weighted by atomic mass is 32.2. The van der Waals surface area contributed by atoms with Gasteiger partial charge in [0.15, 0.2) is 10.8 Å². The Morgan fingerprint density at radius 2 is 1.91 bits per heavy atom. The van der Waals surface area contributed by atoms with Crippen LogP contribution in [-0.4, -0.2) is 75.6 Å². The Labute approximate surface area is 258 Å². The molecule has 10 nitrogen and oxygen atoms in total. The first-order valence-corrected chi connectivity index (χ1v) is 19.6. The molecule has 0 bridgehead atoms. The van der Waals surface area contributed by atoms with Gasteiger partial charge in [0.2, 0.25) is 0 Å². The van der Waals surface area contributed by atoms with E-state index in [2.05, 4.69) is 36.9 Å². The van der Waals surface area contributed by atoms with Gasteiger partial charge in [0.05, 0.1) is 17.5 Å². The van der Waals surface area contributed by atoms with E-state index in [-0.39, 0.29) is 18.7 Å². The van der Waals surface area contributed by atoms with E-state index in [1.165, 1.54) is 11.8 Å². The second-order valence-corrected chi connectivity index (χ2v) is 18.7. The molecule has 1 fully saturated rings. The number of nitrogens with one attached hydrogen (secondary N) is 1. The summed E-state index contributed by atoms with van der Waals surface area (Å²) in [7, 11) is -1.14. The minimum Gasteiger partial charge on any atom is -0.445 e. The average Bonchev–Trinajstić information content (AvgIpc) is 3.40. The number of fused-ring (bicyclic) bond motifs is 1. The molecule has 1 N–H and O–H groups in total. The Kier molecular flexibility index (Phi) is 9.99. The SMILES string of the molecule is CSc1ncc(-c2cnc3c(ccn3COCC[Si](C)(C)C)n2)c(N[C@H]2C[C@H](C)CN(C(=O)OCc3ccccc3)C2)n1. The number of carbonyl (C=O) groups excluding carboxylic acids is 1. The summed E-state index contributed by atoms with van der Waals surface area (Å²) in [5.74, 6) is 0.975. The van der Waals surface area contributed by atoms with Crippen molar-refractivity contribution < 1.29 is 14.3 Å². The van der Waals surface area contributed by atoms with Crippen molar-refractivity contribution in [1.29, 1.82) is 0 Å². The lowest BCUT2D eigenvalue weighted by atomic mass is 9.96. The van der Waals surface area contributed by atoms with Crippen molar-refractivity contribution >= 4 is 42.9 Å². The van der Waals surface area contributed by atoms with Crippen LogP contribution >= 0.6 is 11.8 Å². The Balaban J connectivity index is 1.30. The number of rotatable bonds is 11. The molecule has 4 heterocycles. The molecule has 4 aromatic rings. The Hall–Kier alpha value is -3.48. The van der Waals surface area contributed by atoms with Gasteiger partial charge in [-0.25, -0.2) is 24.7 Å². The zero-order chi connectivity index (χ0) is 30.4. The first-order valence-electron chi connectivity index (χ1n) is 14.7. The molecule has 0 saturated carbocycles. The van der Waals surface area contributed by atoms with Crippen molar-refractivity contribution in [2.45, 2.75) is 63.6 Å². The maximum absolute atomic E-state index is 13.0. The standard InChI is InChI=1S/C31H41N7O3SSi/c1-22-15-24(19-38(18-22)31(39)41-20-23-9-7-6-8-10-23)34-28-25(16-33-30(36-28)42-2)27-17-32-29-26(35-27)11-12-37(29)21-40-13-14-43(3,4)5/h6-12,16-17,22,24H,13-15,18-21H2,1-5H3,(H,33,34,36)/t22-,24-/m0/s1. The number of benzene rings is 1. The molecular formula is C31H41N7O3SSi. The molecule has 3 aromatic heterocycles. The molecule has 1 aliphatic heterocycles. The monoisotopic (exact) mass is 619 g/mol. The van der Waals surface area contributed by atoms with Crippen molar-refractivity contribution in [3.8, 4) is 11.3 Å². The fraction of sp³-hybridized carbons (Fsp3) is 0.452. The predicted molar refractivity (Wildman–Crippen MR) is 174 cm³/mol. The summed E-state index contributed by atoms with van der Waals surface area (Å²) in [5, 5.41) is 4.27. The van der Waals surface area contributed by atoms with E-state index < -0.39 is 8.07 Å². The Morgan fingerprint density at radius 3 is 2.67 bits per heavy atom. The van der Waals surface area contributed by atoms with Gasteiger partial charge >= 0.3 is 6.09 Å². The molecule has 43 heavy (non-hydrogen) atoms. The van der Waals surface area contributed by atoms with Crippen LogP contribution in [0.1, 0.15) is 18.9 Å². The van der Waals surface area contributed by atoms with E-state index in [0.717, 1.165) is 41.4 Å². The summed E-state index contributed by atoms with van der Waals surface area (Å²) in [6, 6.07) is 12.8. The molecule has 0 radical (unpaired) electrons. The lowest BCUT2D eigenvalue weighted by molar-refractivity contribution is 0.0783. The minimum absolute atomic E-state index is 0.0116. The van der Waals surface area contributed by atoms with Gasteiger partial charge in [-0.05, 0) is 36.3 Å². The topological polar surface area (TPSA) is 107 Å². The van der Waals surface area contributed by atoms with Crippen molar-refractivity contribution in [1.82, 2.24) is 29.4 Å². The fourth-order valence-corrected chi connectivity index (χ4v) is 6.20. The lowest BCUT2D eigenvalue weighted by Crippen LogP contribution is -2.48. The number of amides is 1. The lowest BCUT2D eigenvalue weighted by Gasteiger charge is -2.36. The van der Waals surface area contributed by atoms with E-state index >= 15 is 0 Å². The number of nitrogens with zero attached hydrogens (tertiary/aromatic N) is 6. The van der Waals surface area contributed by atoms with Gasteiger partial charge in [-0.3, -0.25) is 0 Å². The van der Waals surface area contributed by atoms with Gasteiger partial charge in [-0.15, -0.1) is 0 Å². The smallest absolute Gasteiger partial charge is 0.410 e. The molecule has 2 atom stereocenters. The molecule has 12 heteroatoms. The van der Waals surface area contributed by atoms with Crippen LogP contribution in [-0.2, 0) is 22.8 Å². The van der Waals surface area contributed by atoms with Crippen LogP contribution in [0.4, 0.5) is 10.6 Å². The van der Waals surface area contributed by atoms with E-state index in [9.17, 15) is 4.79 Å². The summed E-state index contributed by atoms with van der Waals surface area (Å²) < 4.78 is 13.6. The highest BCUT2D eigenvalue weighted by Gasteiger charge is 2.30. The highest BCUT2D eigenvalue weighted by molar-refractivity contribution is 7.98. The predicted octanol–water partition coefficient (Wildman–Crippen LogP) is 6.38. The number of ether oxygens (including phenoxy) is 2. The third-order valence-corrected chi connectivity index (χ3v) is 9.65. The number of anilines is 1. The van der Waals surface area contributed by atoms with Crippen molar-refractivity contribution in [2.75, 3.05) is 31.3 Å². The number of hydrogen-bond acceptors (Lipinski definition) is 9. The van der Waals surface area contributed by atoms with Crippen molar-refractivity contribution in [3.05, 3.63) is 60.6 Å². The summed E-state index contributed by atoms with van der Waals surface area (Å²) in [6.45, 7) is 11.8. The average molecular weight is 620 g/mol. The second-order valence-electron chi connectivity index (χ2n) is 12.3. The van der Waals surface area contributed by atoms with Gasteiger partial charge in [0.1, 0.15) is 24.7 Å². The summed E-state index contributed by atoms with van der Waals surface area (Å²) in [5.41, 5.74) is 3.98. The van der Waals surface area contributed by atoms with Gasteiger partial charge in [0.25, 0.3) is 0 Å². The van der Waals surface area contributed by atoms with E-state index in [0.29, 0.717) is 42.4 Å². The molecular weight excluding hydrogens is 579 g/mol. The third kappa shape index (κ3) is 8.33. The zero-order valence-electron chi connectivity index (χ0n) is 25.6. The molecule has 1 saturated heterocycles. The van der Waals surface area contributed by atoms with Crippen LogP contribution in [0.5, 0.6) is 0 Å². The van der Waals surface area contributed by atoms with Crippen LogP contribution in [0.2, 0.25) is 25.7 Å². The normalized spacial score (nSPS) is 17.3. The Bertz CT molecular complexity index is 1530. The molecule has 0 unspecified atom stereocenters. The summed E-state index contributed by atoms with van der Waals surface area (Å²) in [4.78, 5) is 33.7. The van der Waals surface area contributed by atoms with Crippen LogP contribution < -0.4 is 5.32 Å². The quantitative estimate of drug-likeness (QED) is 0.0885. The fourth-order valence-electron chi connectivity index (χ4n) is 5.11. The number of aromatic nitrogens is 5. The van der Waals surface area contributed by atoms with E-state index in [1.807, 2.05) is 53.4 Å². The van der Waals surface area contributed by atoms with Gasteiger partial charge < -0.3 is 24.3 Å². The van der Waals surface area contributed by atoms with Crippen molar-refractivity contribution in [2.24, 2.45) is 5.92 Å². The number of carbonyl (C=O) groups is 1. The van der Waals surface area contributed by atoms with Gasteiger partial charge in [-0.2, -0.15) is 0 Å². The molecule has 0 aliphatic carbocycles. The number of thioether (sulfide) groups is 1. The summed E-state index contributed by atoms with van der Waals surface area (Å²) in [6.07, 6.45) is 8.06. The Morgan fingerprint density at radius 1 is 1.09 bits per heavy atom. The van der Waals surface area contributed by atoms with Crippen LogP contribution in [0.3, 0.4) is 0 Å². The van der Waals surface area contributed by atoms with Crippen LogP contribution in [0.15, 0.2) is 60.1 Å². The van der Waals surface area contributed by atoms with Gasteiger partial charge in [0, 0.05) is 46.2 Å². The maximum Gasteiger partial charge on any atom is 0.410 e. The number of hydrogen-bond donors (Lipinski definition) is 1. The third-order valence-electron chi connectivity index (χ3n) is 7.38.